The average Bonchev–Trinajstić information content (AvgIpc) is 3.15. The van der Waals surface area contributed by atoms with Crippen LogP contribution in [0.3, 0.4) is 0 Å². The molecule has 0 radical (unpaired) electrons. The van der Waals surface area contributed by atoms with Crippen LogP contribution in [0.1, 0.15) is 38.2 Å². The van der Waals surface area contributed by atoms with Crippen molar-refractivity contribution in [2.45, 2.75) is 44.1 Å². The van der Waals surface area contributed by atoms with E-state index >= 15 is 0 Å². The number of nitrogens with one attached hydrogen (secondary N) is 1. The Labute approximate surface area is 139 Å². The number of hydrogen-bond donors (Lipinski definition) is 1. The third-order valence-electron chi connectivity index (χ3n) is 5.50. The van der Waals surface area contributed by atoms with Crippen LogP contribution in [0.15, 0.2) is 30.3 Å². The van der Waals surface area contributed by atoms with Gasteiger partial charge in [-0.2, -0.15) is 0 Å². The molecule has 1 atom stereocenters. The van der Waals surface area contributed by atoms with Gasteiger partial charge < -0.3 is 10.1 Å². The molecule has 0 aromatic heterocycles. The Morgan fingerprint density at radius 1 is 1.22 bits per heavy atom. The van der Waals surface area contributed by atoms with E-state index in [0.29, 0.717) is 6.54 Å². The molecule has 1 N–H and O–H groups in total. The molecule has 2 aliphatic heterocycles. The fourth-order valence-corrected chi connectivity index (χ4v) is 3.82. The number of nitrogens with zero attached hydrogens (tertiary/aromatic N) is 1. The SMILES string of the molecule is C[C@@H](C(=O)NCC1(c2ccccc2)CCOCC1)N1CCCC1. The number of amides is 1. The van der Waals surface area contributed by atoms with Crippen LogP contribution < -0.4 is 5.32 Å². The Morgan fingerprint density at radius 2 is 1.87 bits per heavy atom. The zero-order chi connectivity index (χ0) is 16.1. The van der Waals surface area contributed by atoms with Gasteiger partial charge >= 0.3 is 0 Å². The molecule has 0 aliphatic carbocycles. The molecule has 4 heteroatoms. The van der Waals surface area contributed by atoms with Crippen molar-refractivity contribution in [3.05, 3.63) is 35.9 Å². The van der Waals surface area contributed by atoms with Crippen LogP contribution >= 0.6 is 0 Å². The summed E-state index contributed by atoms with van der Waals surface area (Å²) < 4.78 is 5.56. The summed E-state index contributed by atoms with van der Waals surface area (Å²) >= 11 is 0. The van der Waals surface area contributed by atoms with Crippen molar-refractivity contribution >= 4 is 5.91 Å². The highest BCUT2D eigenvalue weighted by Gasteiger charge is 2.35. The molecule has 2 saturated heterocycles. The highest BCUT2D eigenvalue weighted by atomic mass is 16.5. The number of carbonyl (C=O) groups excluding carboxylic acids is 1. The van der Waals surface area contributed by atoms with Crippen LogP contribution in [0, 0.1) is 0 Å². The highest BCUT2D eigenvalue weighted by Crippen LogP contribution is 2.34. The second-order valence-corrected chi connectivity index (χ2v) is 6.90. The van der Waals surface area contributed by atoms with Crippen molar-refractivity contribution in [3.63, 3.8) is 0 Å². The Morgan fingerprint density at radius 3 is 2.52 bits per heavy atom. The minimum Gasteiger partial charge on any atom is -0.381 e. The Kier molecular flexibility index (Phi) is 5.34. The van der Waals surface area contributed by atoms with Gasteiger partial charge in [0.2, 0.25) is 5.91 Å². The van der Waals surface area contributed by atoms with Gasteiger partial charge in [0.15, 0.2) is 0 Å². The summed E-state index contributed by atoms with van der Waals surface area (Å²) in [5.41, 5.74) is 1.33. The molecular weight excluding hydrogens is 288 g/mol. The van der Waals surface area contributed by atoms with Gasteiger partial charge in [-0.15, -0.1) is 0 Å². The van der Waals surface area contributed by atoms with E-state index in [2.05, 4.69) is 34.5 Å². The molecule has 0 bridgehead atoms. The van der Waals surface area contributed by atoms with Gasteiger partial charge in [-0.3, -0.25) is 9.69 Å². The summed E-state index contributed by atoms with van der Waals surface area (Å²) in [7, 11) is 0. The van der Waals surface area contributed by atoms with Crippen LogP contribution in [0.5, 0.6) is 0 Å². The fourth-order valence-electron chi connectivity index (χ4n) is 3.82. The monoisotopic (exact) mass is 316 g/mol. The van der Waals surface area contributed by atoms with Crippen LogP contribution in [0.4, 0.5) is 0 Å². The van der Waals surface area contributed by atoms with E-state index < -0.39 is 0 Å². The van der Waals surface area contributed by atoms with Gasteiger partial charge in [0.25, 0.3) is 0 Å². The summed E-state index contributed by atoms with van der Waals surface area (Å²) in [4.78, 5) is 14.8. The first-order valence-corrected chi connectivity index (χ1v) is 8.86. The molecule has 4 nitrogen and oxygen atoms in total. The van der Waals surface area contributed by atoms with Crippen molar-refractivity contribution in [2.75, 3.05) is 32.8 Å². The van der Waals surface area contributed by atoms with Crippen molar-refractivity contribution in [2.24, 2.45) is 0 Å². The number of ether oxygens (including phenoxy) is 1. The van der Waals surface area contributed by atoms with Crippen LogP contribution in [-0.2, 0) is 14.9 Å². The lowest BCUT2D eigenvalue weighted by atomic mass is 9.74. The lowest BCUT2D eigenvalue weighted by molar-refractivity contribution is -0.126. The van der Waals surface area contributed by atoms with Crippen molar-refractivity contribution < 1.29 is 9.53 Å². The standard InChI is InChI=1S/C19H28N2O2/c1-16(21-11-5-6-12-21)18(22)20-15-19(9-13-23-14-10-19)17-7-3-2-4-8-17/h2-4,7-8,16H,5-6,9-15H2,1H3,(H,20,22)/t16-/m0/s1. The van der Waals surface area contributed by atoms with Crippen molar-refractivity contribution in [1.82, 2.24) is 10.2 Å². The van der Waals surface area contributed by atoms with Gasteiger partial charge in [0.05, 0.1) is 6.04 Å². The summed E-state index contributed by atoms with van der Waals surface area (Å²) in [5.74, 6) is 0.161. The first-order chi connectivity index (χ1) is 11.2. The van der Waals surface area contributed by atoms with Gasteiger partial charge in [0.1, 0.15) is 0 Å². The normalized spacial score (nSPS) is 22.7. The first kappa shape index (κ1) is 16.5. The predicted molar refractivity (Wildman–Crippen MR) is 91.5 cm³/mol. The fraction of sp³-hybridized carbons (Fsp3) is 0.632. The van der Waals surface area contributed by atoms with Gasteiger partial charge in [-0.05, 0) is 51.3 Å². The number of likely N-dealkylation sites (tertiary alicyclic amines) is 1. The molecule has 1 aromatic carbocycles. The minimum atomic E-state index is -0.0230. The van der Waals surface area contributed by atoms with Crippen LogP contribution in [-0.4, -0.2) is 49.7 Å². The second-order valence-electron chi connectivity index (χ2n) is 6.90. The van der Waals surface area contributed by atoms with Crippen molar-refractivity contribution in [3.8, 4) is 0 Å². The maximum Gasteiger partial charge on any atom is 0.237 e. The maximum absolute atomic E-state index is 12.6. The Bertz CT molecular complexity index is 505. The number of carbonyl (C=O) groups is 1. The molecule has 2 heterocycles. The average molecular weight is 316 g/mol. The number of hydrogen-bond acceptors (Lipinski definition) is 3. The molecule has 126 valence electrons. The van der Waals surface area contributed by atoms with E-state index in [-0.39, 0.29) is 17.4 Å². The molecule has 2 aliphatic rings. The largest absolute Gasteiger partial charge is 0.381 e. The molecule has 23 heavy (non-hydrogen) atoms. The summed E-state index contributed by atoms with van der Waals surface area (Å²) in [6, 6.07) is 10.6. The topological polar surface area (TPSA) is 41.6 Å². The third-order valence-corrected chi connectivity index (χ3v) is 5.50. The van der Waals surface area contributed by atoms with Crippen LogP contribution in [0.2, 0.25) is 0 Å². The van der Waals surface area contributed by atoms with E-state index in [1.807, 2.05) is 13.0 Å². The number of benzene rings is 1. The maximum atomic E-state index is 12.6. The van der Waals surface area contributed by atoms with Gasteiger partial charge in [0, 0.05) is 25.2 Å². The highest BCUT2D eigenvalue weighted by molar-refractivity contribution is 5.81. The quantitative estimate of drug-likeness (QED) is 0.906. The van der Waals surface area contributed by atoms with E-state index in [9.17, 15) is 4.79 Å². The smallest absolute Gasteiger partial charge is 0.237 e. The molecule has 1 aromatic rings. The lowest BCUT2D eigenvalue weighted by Crippen LogP contribution is -2.49. The molecule has 1 amide bonds. The molecule has 0 saturated carbocycles. The Hall–Kier alpha value is -1.39. The first-order valence-electron chi connectivity index (χ1n) is 8.86. The van der Waals surface area contributed by atoms with E-state index in [0.717, 1.165) is 39.1 Å². The second kappa shape index (κ2) is 7.45. The van der Waals surface area contributed by atoms with E-state index in [4.69, 9.17) is 4.74 Å². The third kappa shape index (κ3) is 3.75. The summed E-state index contributed by atoms with van der Waals surface area (Å²) in [6.07, 6.45) is 4.36. The van der Waals surface area contributed by atoms with Crippen LogP contribution in [0.25, 0.3) is 0 Å². The molecule has 3 rings (SSSR count). The minimum absolute atomic E-state index is 0.0138. The lowest BCUT2D eigenvalue weighted by Gasteiger charge is -2.38. The molecule has 0 unspecified atom stereocenters. The van der Waals surface area contributed by atoms with Crippen molar-refractivity contribution in [1.29, 1.82) is 0 Å². The zero-order valence-electron chi connectivity index (χ0n) is 14.1. The Balaban J connectivity index is 1.66. The van der Waals surface area contributed by atoms with Gasteiger partial charge in [-0.1, -0.05) is 30.3 Å². The van der Waals surface area contributed by atoms with E-state index in [1.165, 1.54) is 18.4 Å². The van der Waals surface area contributed by atoms with E-state index in [1.54, 1.807) is 0 Å². The predicted octanol–water partition coefficient (Wildman–Crippen LogP) is 2.34. The summed E-state index contributed by atoms with van der Waals surface area (Å²) in [6.45, 7) is 6.37. The molecule has 0 spiro atoms. The molecule has 2 fully saturated rings. The summed E-state index contributed by atoms with van der Waals surface area (Å²) in [5, 5.41) is 3.23. The number of rotatable bonds is 5. The molecular formula is C19H28N2O2. The zero-order valence-corrected chi connectivity index (χ0v) is 14.1. The van der Waals surface area contributed by atoms with Gasteiger partial charge in [-0.25, -0.2) is 0 Å².